The van der Waals surface area contributed by atoms with Gasteiger partial charge >= 0.3 is 0 Å². The zero-order valence-electron chi connectivity index (χ0n) is 11.3. The zero-order valence-corrected chi connectivity index (χ0v) is 13.7. The largest absolute Gasteiger partial charge is 0.454 e. The Morgan fingerprint density at radius 1 is 1.19 bits per heavy atom. The molecule has 120 valence electrons. The van der Waals surface area contributed by atoms with Gasteiger partial charge in [0.15, 0.2) is 11.5 Å². The van der Waals surface area contributed by atoms with Crippen LogP contribution in [0.1, 0.15) is 11.6 Å². The van der Waals surface area contributed by atoms with Crippen molar-refractivity contribution in [3.8, 4) is 11.5 Å². The van der Waals surface area contributed by atoms with Gasteiger partial charge in [-0.1, -0.05) is 11.6 Å². The van der Waals surface area contributed by atoms with Crippen LogP contribution in [0.25, 0.3) is 0 Å². The average Bonchev–Trinajstić information content (AvgIpc) is 2.88. The molecule has 1 N–H and O–H groups in total. The van der Waals surface area contributed by atoms with Crippen molar-refractivity contribution in [3.63, 3.8) is 0 Å². The summed E-state index contributed by atoms with van der Waals surface area (Å²) in [6.45, 7) is 3.12. The van der Waals surface area contributed by atoms with Crippen LogP contribution in [-0.2, 0) is 0 Å². The Morgan fingerprint density at radius 2 is 1.81 bits per heavy atom. The molecule has 1 fully saturated rings. The molecule has 1 atom stereocenters. The predicted octanol–water partition coefficient (Wildman–Crippen LogP) is 2.83. The first kappa shape index (κ1) is 18.6. The van der Waals surface area contributed by atoms with Crippen LogP contribution in [0.5, 0.6) is 11.5 Å². The lowest BCUT2D eigenvalue weighted by Crippen LogP contribution is -2.45. The minimum Gasteiger partial charge on any atom is -0.454 e. The van der Waals surface area contributed by atoms with E-state index in [-0.39, 0.29) is 37.6 Å². The zero-order chi connectivity index (χ0) is 13.2. The number of benzene rings is 1. The third kappa shape index (κ3) is 3.85. The summed E-state index contributed by atoms with van der Waals surface area (Å²) in [6, 6.07) is 3.20. The minimum atomic E-state index is -0.459. The number of ether oxygens (including phenoxy) is 2. The van der Waals surface area contributed by atoms with E-state index in [0.29, 0.717) is 16.5 Å². The van der Waals surface area contributed by atoms with Gasteiger partial charge in [-0.2, -0.15) is 0 Å². The Kier molecular flexibility index (Phi) is 7.30. The fraction of sp³-hybridized carbons (Fsp3) is 0.538. The van der Waals surface area contributed by atoms with Crippen molar-refractivity contribution in [1.82, 2.24) is 10.2 Å². The summed E-state index contributed by atoms with van der Waals surface area (Å²) in [5.74, 6) is 1.28. The molecule has 0 saturated carbocycles. The highest BCUT2D eigenvalue weighted by Gasteiger charge is 2.26. The predicted molar refractivity (Wildman–Crippen MR) is 85.2 cm³/mol. The molecular weight excluding hydrogens is 342 g/mol. The quantitative estimate of drug-likeness (QED) is 0.900. The van der Waals surface area contributed by atoms with Crippen LogP contribution < -0.4 is 14.8 Å². The molecule has 3 rings (SSSR count). The van der Waals surface area contributed by atoms with Crippen LogP contribution in [0.2, 0.25) is 5.02 Å². The first-order valence-corrected chi connectivity index (χ1v) is 6.77. The Morgan fingerprint density at radius 3 is 2.43 bits per heavy atom. The Bertz CT molecular complexity index is 473. The van der Waals surface area contributed by atoms with Crippen molar-refractivity contribution in [3.05, 3.63) is 22.7 Å². The van der Waals surface area contributed by atoms with Gasteiger partial charge in [0.05, 0.1) is 6.04 Å². The van der Waals surface area contributed by atoms with Gasteiger partial charge in [0.1, 0.15) is 6.67 Å². The average molecular weight is 360 g/mol. The van der Waals surface area contributed by atoms with E-state index in [1.54, 1.807) is 12.1 Å². The van der Waals surface area contributed by atoms with Crippen LogP contribution in [-0.4, -0.2) is 44.5 Å². The van der Waals surface area contributed by atoms with Crippen molar-refractivity contribution in [2.45, 2.75) is 6.04 Å². The van der Waals surface area contributed by atoms with E-state index in [4.69, 9.17) is 21.1 Å². The van der Waals surface area contributed by atoms with Gasteiger partial charge in [0, 0.05) is 37.3 Å². The lowest BCUT2D eigenvalue weighted by atomic mass is 10.0. The van der Waals surface area contributed by atoms with Gasteiger partial charge in [-0.3, -0.25) is 4.90 Å². The van der Waals surface area contributed by atoms with E-state index in [1.807, 2.05) is 0 Å². The number of piperazine rings is 1. The van der Waals surface area contributed by atoms with Gasteiger partial charge < -0.3 is 14.8 Å². The molecule has 1 aromatic carbocycles. The molecule has 0 unspecified atom stereocenters. The number of fused-ring (bicyclic) bond motifs is 1. The number of halogens is 4. The van der Waals surface area contributed by atoms with Crippen LogP contribution in [0, 0.1) is 0 Å². The van der Waals surface area contributed by atoms with E-state index in [0.717, 1.165) is 31.7 Å². The molecular formula is C13H18Cl3FN2O2. The number of nitrogens with zero attached hydrogens (tertiary/aromatic N) is 1. The summed E-state index contributed by atoms with van der Waals surface area (Å²) in [4.78, 5) is 2.11. The topological polar surface area (TPSA) is 33.7 Å². The number of rotatable bonds is 3. The van der Waals surface area contributed by atoms with Gasteiger partial charge in [-0.05, 0) is 11.6 Å². The number of nitrogens with one attached hydrogen (secondary N) is 1. The van der Waals surface area contributed by atoms with E-state index in [9.17, 15) is 4.39 Å². The molecule has 2 aliphatic heterocycles. The van der Waals surface area contributed by atoms with E-state index in [2.05, 4.69) is 10.2 Å². The van der Waals surface area contributed by atoms with Gasteiger partial charge in [0.25, 0.3) is 0 Å². The summed E-state index contributed by atoms with van der Waals surface area (Å²) in [5, 5.41) is 3.79. The maximum atomic E-state index is 13.5. The molecule has 0 amide bonds. The highest BCUT2D eigenvalue weighted by atomic mass is 35.5. The third-order valence-electron chi connectivity index (χ3n) is 3.59. The molecule has 1 saturated heterocycles. The number of alkyl halides is 1. The monoisotopic (exact) mass is 358 g/mol. The van der Waals surface area contributed by atoms with Crippen LogP contribution in [0.15, 0.2) is 12.1 Å². The molecule has 0 bridgehead atoms. The second-order valence-corrected chi connectivity index (χ2v) is 5.09. The van der Waals surface area contributed by atoms with Crippen molar-refractivity contribution in [2.75, 3.05) is 39.6 Å². The molecule has 0 spiro atoms. The molecule has 0 radical (unpaired) electrons. The Labute approximate surface area is 140 Å². The second-order valence-electron chi connectivity index (χ2n) is 4.68. The molecule has 1 aromatic rings. The molecule has 4 nitrogen and oxygen atoms in total. The van der Waals surface area contributed by atoms with Gasteiger partial charge in [-0.15, -0.1) is 24.8 Å². The molecule has 2 aliphatic rings. The summed E-state index contributed by atoms with van der Waals surface area (Å²) in [5.41, 5.74) is 0.773. The Hall–Kier alpha value is -0.460. The normalized spacial score (nSPS) is 18.6. The number of hydrogen-bond donors (Lipinski definition) is 1. The van der Waals surface area contributed by atoms with E-state index in [1.165, 1.54) is 0 Å². The molecule has 21 heavy (non-hydrogen) atoms. The summed E-state index contributed by atoms with van der Waals surface area (Å²) in [7, 11) is 0. The highest BCUT2D eigenvalue weighted by Crippen LogP contribution is 2.40. The van der Waals surface area contributed by atoms with Crippen LogP contribution in [0.4, 0.5) is 4.39 Å². The van der Waals surface area contributed by atoms with Crippen LogP contribution >= 0.6 is 36.4 Å². The SMILES string of the molecule is Cl.Cl.FC[C@@H](c1cc2c(cc1Cl)OCO2)N1CCNCC1. The Balaban J connectivity index is 0.00000110. The molecule has 2 heterocycles. The molecule has 0 aliphatic carbocycles. The maximum absolute atomic E-state index is 13.5. The smallest absolute Gasteiger partial charge is 0.231 e. The fourth-order valence-electron chi connectivity index (χ4n) is 2.56. The third-order valence-corrected chi connectivity index (χ3v) is 3.92. The molecule has 0 aromatic heterocycles. The van der Waals surface area contributed by atoms with E-state index < -0.39 is 6.67 Å². The summed E-state index contributed by atoms with van der Waals surface area (Å²) >= 11 is 6.26. The first-order chi connectivity index (χ1) is 9.29. The van der Waals surface area contributed by atoms with Crippen molar-refractivity contribution in [1.29, 1.82) is 0 Å². The first-order valence-electron chi connectivity index (χ1n) is 6.39. The van der Waals surface area contributed by atoms with E-state index >= 15 is 0 Å². The minimum absolute atomic E-state index is 0. The fourth-order valence-corrected chi connectivity index (χ4v) is 2.84. The standard InChI is InChI=1S/C13H16ClFN2O2.2ClH/c14-10-6-13-12(18-8-19-13)5-9(10)11(7-15)17-3-1-16-2-4-17;;/h5-6,11,16H,1-4,7-8H2;2*1H/t11-;;/m0../s1. The van der Waals surface area contributed by atoms with Gasteiger partial charge in [0.2, 0.25) is 6.79 Å². The number of hydrogen-bond acceptors (Lipinski definition) is 4. The maximum Gasteiger partial charge on any atom is 0.231 e. The van der Waals surface area contributed by atoms with Crippen molar-refractivity contribution in [2.24, 2.45) is 0 Å². The summed E-state index contributed by atoms with van der Waals surface area (Å²) < 4.78 is 24.1. The lowest BCUT2D eigenvalue weighted by molar-refractivity contribution is 0.147. The summed E-state index contributed by atoms with van der Waals surface area (Å²) in [6.07, 6.45) is 0. The highest BCUT2D eigenvalue weighted by molar-refractivity contribution is 6.31. The molecule has 8 heteroatoms. The van der Waals surface area contributed by atoms with Crippen molar-refractivity contribution < 1.29 is 13.9 Å². The lowest BCUT2D eigenvalue weighted by Gasteiger charge is -2.34. The van der Waals surface area contributed by atoms with Gasteiger partial charge in [-0.25, -0.2) is 4.39 Å². The van der Waals surface area contributed by atoms with Crippen LogP contribution in [0.3, 0.4) is 0 Å². The second kappa shape index (κ2) is 8.25. The van der Waals surface area contributed by atoms with Crippen molar-refractivity contribution >= 4 is 36.4 Å².